The van der Waals surface area contributed by atoms with Crippen molar-refractivity contribution in [2.75, 3.05) is 16.4 Å². The molecule has 132 valence electrons. The fourth-order valence-electron chi connectivity index (χ4n) is 2.11. The number of thiazole rings is 1. The summed E-state index contributed by atoms with van der Waals surface area (Å²) in [5, 5.41) is 8.44. The predicted molar refractivity (Wildman–Crippen MR) is 107 cm³/mol. The summed E-state index contributed by atoms with van der Waals surface area (Å²) >= 11 is 8.57. The number of carbonyl (C=O) groups is 2. The monoisotopic (exact) mass is 403 g/mol. The number of rotatable bonds is 6. The number of para-hydroxylation sites is 1. The van der Waals surface area contributed by atoms with Crippen LogP contribution in [0.1, 0.15) is 10.4 Å². The molecule has 2 amide bonds. The fraction of sp³-hybridized carbons (Fsp3) is 0.0556. The Morgan fingerprint density at radius 3 is 2.58 bits per heavy atom. The maximum Gasteiger partial charge on any atom is 0.259 e. The van der Waals surface area contributed by atoms with Gasteiger partial charge in [-0.05, 0) is 36.4 Å². The van der Waals surface area contributed by atoms with E-state index in [1.54, 1.807) is 48.0 Å². The first kappa shape index (κ1) is 18.4. The van der Waals surface area contributed by atoms with Crippen molar-refractivity contribution >= 4 is 57.3 Å². The van der Waals surface area contributed by atoms with Gasteiger partial charge >= 0.3 is 0 Å². The molecule has 0 aliphatic rings. The molecule has 1 heterocycles. The summed E-state index contributed by atoms with van der Waals surface area (Å²) in [6, 6.07) is 14.1. The minimum atomic E-state index is -0.318. The zero-order valence-electron chi connectivity index (χ0n) is 13.4. The molecule has 0 spiro atoms. The van der Waals surface area contributed by atoms with Crippen molar-refractivity contribution in [1.29, 1.82) is 0 Å². The maximum atomic E-state index is 12.4. The van der Waals surface area contributed by atoms with Crippen LogP contribution in [0.2, 0.25) is 5.02 Å². The lowest BCUT2D eigenvalue weighted by Gasteiger charge is -2.10. The van der Waals surface area contributed by atoms with Crippen LogP contribution in [0.25, 0.3) is 0 Å². The maximum absolute atomic E-state index is 12.4. The molecule has 0 aliphatic heterocycles. The molecule has 0 unspecified atom stereocenters. The Morgan fingerprint density at radius 2 is 1.85 bits per heavy atom. The normalized spacial score (nSPS) is 10.3. The van der Waals surface area contributed by atoms with Gasteiger partial charge in [0.15, 0.2) is 5.13 Å². The molecular formula is C18H14ClN3O2S2. The average Bonchev–Trinajstić information content (AvgIpc) is 3.14. The highest BCUT2D eigenvalue weighted by molar-refractivity contribution is 8.00. The number of nitrogens with zero attached hydrogens (tertiary/aromatic N) is 1. The van der Waals surface area contributed by atoms with Crippen molar-refractivity contribution < 1.29 is 9.59 Å². The molecule has 1 aromatic heterocycles. The molecule has 5 nitrogen and oxygen atoms in total. The first-order chi connectivity index (χ1) is 12.6. The Hall–Kier alpha value is -2.35. The standard InChI is InChI=1S/C18H14ClN3O2S2/c19-12-5-7-13(8-6-12)26-11-16(23)21-15-4-2-1-3-14(15)17(24)22-18-20-9-10-25-18/h1-10H,11H2,(H,21,23)(H,20,22,24). The van der Waals surface area contributed by atoms with Crippen molar-refractivity contribution in [3.63, 3.8) is 0 Å². The zero-order chi connectivity index (χ0) is 18.4. The molecule has 0 fully saturated rings. The quantitative estimate of drug-likeness (QED) is 0.581. The van der Waals surface area contributed by atoms with E-state index in [0.29, 0.717) is 21.4 Å². The molecule has 26 heavy (non-hydrogen) atoms. The number of hydrogen-bond acceptors (Lipinski definition) is 5. The van der Waals surface area contributed by atoms with E-state index in [-0.39, 0.29) is 17.6 Å². The molecule has 0 bridgehead atoms. The number of carbonyl (C=O) groups excluding carboxylic acids is 2. The third kappa shape index (κ3) is 5.08. The Balaban J connectivity index is 1.62. The number of nitrogens with one attached hydrogen (secondary N) is 2. The van der Waals surface area contributed by atoms with Gasteiger partial charge in [-0.2, -0.15) is 0 Å². The molecule has 0 saturated carbocycles. The van der Waals surface area contributed by atoms with E-state index in [9.17, 15) is 9.59 Å². The SMILES string of the molecule is O=C(CSc1ccc(Cl)cc1)Nc1ccccc1C(=O)Nc1nccs1. The van der Waals surface area contributed by atoms with E-state index in [1.807, 2.05) is 12.1 Å². The highest BCUT2D eigenvalue weighted by atomic mass is 35.5. The summed E-state index contributed by atoms with van der Waals surface area (Å²) < 4.78 is 0. The molecule has 0 radical (unpaired) electrons. The van der Waals surface area contributed by atoms with Gasteiger partial charge in [0.25, 0.3) is 5.91 Å². The number of hydrogen-bond donors (Lipinski definition) is 2. The largest absolute Gasteiger partial charge is 0.325 e. The summed E-state index contributed by atoms with van der Waals surface area (Å²) in [5.74, 6) is -0.287. The van der Waals surface area contributed by atoms with Gasteiger partial charge in [-0.25, -0.2) is 4.98 Å². The molecule has 2 N–H and O–H groups in total. The van der Waals surface area contributed by atoms with Crippen molar-refractivity contribution in [3.05, 3.63) is 70.7 Å². The van der Waals surface area contributed by atoms with Crippen molar-refractivity contribution in [2.24, 2.45) is 0 Å². The first-order valence-corrected chi connectivity index (χ1v) is 9.84. The number of aromatic nitrogens is 1. The lowest BCUT2D eigenvalue weighted by atomic mass is 10.1. The second-order valence-corrected chi connectivity index (χ2v) is 7.51. The van der Waals surface area contributed by atoms with Gasteiger partial charge in [0.05, 0.1) is 17.0 Å². The number of amides is 2. The summed E-state index contributed by atoms with van der Waals surface area (Å²) in [6.45, 7) is 0. The Bertz CT molecular complexity index is 899. The van der Waals surface area contributed by atoms with E-state index in [2.05, 4.69) is 15.6 Å². The second kappa shape index (κ2) is 8.84. The van der Waals surface area contributed by atoms with E-state index in [0.717, 1.165) is 4.90 Å². The highest BCUT2D eigenvalue weighted by Crippen LogP contribution is 2.22. The number of anilines is 2. The van der Waals surface area contributed by atoms with Crippen LogP contribution in [0.4, 0.5) is 10.8 Å². The van der Waals surface area contributed by atoms with E-state index >= 15 is 0 Å². The van der Waals surface area contributed by atoms with Crippen molar-refractivity contribution in [2.45, 2.75) is 4.90 Å². The van der Waals surface area contributed by atoms with Crippen LogP contribution in [-0.2, 0) is 4.79 Å². The zero-order valence-corrected chi connectivity index (χ0v) is 15.8. The average molecular weight is 404 g/mol. The molecule has 0 aliphatic carbocycles. The van der Waals surface area contributed by atoms with E-state index in [4.69, 9.17) is 11.6 Å². The van der Waals surface area contributed by atoms with Crippen molar-refractivity contribution in [3.8, 4) is 0 Å². The molecule has 3 rings (SSSR count). The fourth-order valence-corrected chi connectivity index (χ4v) is 3.45. The van der Waals surface area contributed by atoms with Crippen LogP contribution >= 0.6 is 34.7 Å². The summed E-state index contributed by atoms with van der Waals surface area (Å²) in [4.78, 5) is 29.6. The topological polar surface area (TPSA) is 71.1 Å². The molecule has 2 aromatic carbocycles. The third-order valence-electron chi connectivity index (χ3n) is 3.28. The number of thioether (sulfide) groups is 1. The van der Waals surface area contributed by atoms with Crippen LogP contribution in [-0.4, -0.2) is 22.6 Å². The predicted octanol–water partition coefficient (Wildman–Crippen LogP) is 4.78. The molecule has 0 atom stereocenters. The Labute approximate surface area is 163 Å². The van der Waals surface area contributed by atoms with Crippen LogP contribution < -0.4 is 10.6 Å². The van der Waals surface area contributed by atoms with Crippen molar-refractivity contribution in [1.82, 2.24) is 4.98 Å². The minimum Gasteiger partial charge on any atom is -0.325 e. The summed E-state index contributed by atoms with van der Waals surface area (Å²) in [5.41, 5.74) is 0.843. The summed E-state index contributed by atoms with van der Waals surface area (Å²) in [6.07, 6.45) is 1.61. The van der Waals surface area contributed by atoms with Gasteiger partial charge in [0.2, 0.25) is 5.91 Å². The first-order valence-electron chi connectivity index (χ1n) is 7.60. The summed E-state index contributed by atoms with van der Waals surface area (Å²) in [7, 11) is 0. The number of halogens is 1. The van der Waals surface area contributed by atoms with Gasteiger partial charge in [-0.3, -0.25) is 14.9 Å². The molecule has 3 aromatic rings. The van der Waals surface area contributed by atoms with Gasteiger partial charge in [0.1, 0.15) is 0 Å². The smallest absolute Gasteiger partial charge is 0.259 e. The Morgan fingerprint density at radius 1 is 1.08 bits per heavy atom. The van der Waals surface area contributed by atoms with Gasteiger partial charge < -0.3 is 5.32 Å². The van der Waals surface area contributed by atoms with Gasteiger partial charge in [-0.1, -0.05) is 23.7 Å². The lowest BCUT2D eigenvalue weighted by Crippen LogP contribution is -2.19. The molecule has 0 saturated heterocycles. The van der Waals surface area contributed by atoms with Crippen LogP contribution in [0.5, 0.6) is 0 Å². The van der Waals surface area contributed by atoms with Crippen LogP contribution in [0, 0.1) is 0 Å². The Kier molecular flexibility index (Phi) is 6.27. The second-order valence-electron chi connectivity index (χ2n) is 5.13. The van der Waals surface area contributed by atoms with E-state index < -0.39 is 0 Å². The highest BCUT2D eigenvalue weighted by Gasteiger charge is 2.14. The lowest BCUT2D eigenvalue weighted by molar-refractivity contribution is -0.113. The van der Waals surface area contributed by atoms with Crippen LogP contribution in [0.3, 0.4) is 0 Å². The minimum absolute atomic E-state index is 0.195. The van der Waals surface area contributed by atoms with Gasteiger partial charge in [0, 0.05) is 21.5 Å². The van der Waals surface area contributed by atoms with E-state index in [1.165, 1.54) is 23.1 Å². The molecular weight excluding hydrogens is 390 g/mol. The molecule has 8 heteroatoms. The van der Waals surface area contributed by atoms with Gasteiger partial charge in [-0.15, -0.1) is 23.1 Å². The van der Waals surface area contributed by atoms with Crippen LogP contribution in [0.15, 0.2) is 65.0 Å². The number of benzene rings is 2. The third-order valence-corrected chi connectivity index (χ3v) is 5.23.